The van der Waals surface area contributed by atoms with Crippen LogP contribution in [-0.2, 0) is 25.7 Å². The number of fused-ring (bicyclic) bond motifs is 1. The lowest BCUT2D eigenvalue weighted by Gasteiger charge is -2.13. The zero-order chi connectivity index (χ0) is 26.3. The number of ether oxygens (including phenoxy) is 6. The maximum Gasteiger partial charge on any atom is 0.231 e. The monoisotopic (exact) mass is 512 g/mol. The van der Waals surface area contributed by atoms with E-state index in [1.807, 2.05) is 42.5 Å². The Morgan fingerprint density at radius 3 is 2.00 bits per heavy atom. The Bertz CT molecular complexity index is 1380. The molecule has 5 rings (SSSR count). The van der Waals surface area contributed by atoms with E-state index in [1.54, 1.807) is 21.3 Å². The summed E-state index contributed by atoms with van der Waals surface area (Å²) in [6.07, 6.45) is 3.50. The molecule has 0 saturated carbocycles. The van der Waals surface area contributed by atoms with Crippen molar-refractivity contribution in [3.63, 3.8) is 0 Å². The summed E-state index contributed by atoms with van der Waals surface area (Å²) in [6.45, 7) is 0.223. The van der Waals surface area contributed by atoms with E-state index in [2.05, 4.69) is 36.4 Å². The summed E-state index contributed by atoms with van der Waals surface area (Å²) in [7, 11) is 4.99. The fourth-order valence-electron chi connectivity index (χ4n) is 4.55. The molecule has 4 aromatic rings. The normalized spacial score (nSPS) is 11.8. The highest BCUT2D eigenvalue weighted by molar-refractivity contribution is 5.55. The molecular weight excluding hydrogens is 480 g/mol. The SMILES string of the molecule is COc1ccc(CCc2ccc(OC)c(Oc3cccc(CCc4cc(OC)c5c(c4)OCO5)c3)c2)cc1. The first-order valence-electron chi connectivity index (χ1n) is 12.7. The minimum absolute atomic E-state index is 0.223. The summed E-state index contributed by atoms with van der Waals surface area (Å²) in [4.78, 5) is 0. The van der Waals surface area contributed by atoms with Gasteiger partial charge in [0.25, 0.3) is 0 Å². The second kappa shape index (κ2) is 11.8. The highest BCUT2D eigenvalue weighted by Gasteiger charge is 2.20. The van der Waals surface area contributed by atoms with Gasteiger partial charge in [-0.2, -0.15) is 0 Å². The van der Waals surface area contributed by atoms with Crippen molar-refractivity contribution in [2.24, 2.45) is 0 Å². The number of methoxy groups -OCH3 is 3. The van der Waals surface area contributed by atoms with E-state index in [1.165, 1.54) is 16.7 Å². The number of hydrogen-bond acceptors (Lipinski definition) is 6. The molecule has 6 heteroatoms. The average molecular weight is 513 g/mol. The molecule has 1 aliphatic rings. The molecule has 0 spiro atoms. The predicted octanol–water partition coefficient (Wildman–Crippen LogP) is 6.80. The van der Waals surface area contributed by atoms with Gasteiger partial charge in [0.15, 0.2) is 23.0 Å². The van der Waals surface area contributed by atoms with Crippen molar-refractivity contribution >= 4 is 0 Å². The van der Waals surface area contributed by atoms with Crippen molar-refractivity contribution in [3.05, 3.63) is 101 Å². The van der Waals surface area contributed by atoms with Crippen LogP contribution in [0.4, 0.5) is 0 Å². The Morgan fingerprint density at radius 1 is 0.553 bits per heavy atom. The summed E-state index contributed by atoms with van der Waals surface area (Å²) in [6, 6.07) is 26.5. The first-order valence-corrected chi connectivity index (χ1v) is 12.7. The van der Waals surface area contributed by atoms with E-state index in [-0.39, 0.29) is 6.79 Å². The fourth-order valence-corrected chi connectivity index (χ4v) is 4.55. The average Bonchev–Trinajstić information content (AvgIpc) is 3.44. The molecule has 0 amide bonds. The molecule has 196 valence electrons. The molecule has 0 radical (unpaired) electrons. The van der Waals surface area contributed by atoms with Crippen LogP contribution in [0.25, 0.3) is 0 Å². The van der Waals surface area contributed by atoms with Gasteiger partial charge in [-0.3, -0.25) is 0 Å². The fraction of sp³-hybridized carbons (Fsp3) is 0.250. The van der Waals surface area contributed by atoms with E-state index in [4.69, 9.17) is 28.4 Å². The lowest BCUT2D eigenvalue weighted by atomic mass is 10.0. The maximum absolute atomic E-state index is 6.32. The summed E-state index contributed by atoms with van der Waals surface area (Å²) in [5.41, 5.74) is 4.75. The molecule has 1 aliphatic heterocycles. The molecule has 0 fully saturated rings. The highest BCUT2D eigenvalue weighted by atomic mass is 16.7. The zero-order valence-corrected chi connectivity index (χ0v) is 22.0. The van der Waals surface area contributed by atoms with Crippen LogP contribution < -0.4 is 28.4 Å². The third-order valence-corrected chi connectivity index (χ3v) is 6.64. The molecule has 4 aromatic carbocycles. The molecule has 0 aliphatic carbocycles. The van der Waals surface area contributed by atoms with Crippen molar-refractivity contribution in [1.82, 2.24) is 0 Å². The van der Waals surface area contributed by atoms with Crippen LogP contribution in [0.1, 0.15) is 22.3 Å². The predicted molar refractivity (Wildman–Crippen MR) is 146 cm³/mol. The van der Waals surface area contributed by atoms with Gasteiger partial charge in [-0.25, -0.2) is 0 Å². The lowest BCUT2D eigenvalue weighted by molar-refractivity contribution is 0.171. The molecule has 38 heavy (non-hydrogen) atoms. The second-order valence-electron chi connectivity index (χ2n) is 9.11. The van der Waals surface area contributed by atoms with Crippen LogP contribution in [0.5, 0.6) is 40.2 Å². The van der Waals surface area contributed by atoms with Gasteiger partial charge in [0, 0.05) is 0 Å². The van der Waals surface area contributed by atoms with Gasteiger partial charge in [0.2, 0.25) is 12.5 Å². The van der Waals surface area contributed by atoms with Gasteiger partial charge in [-0.05, 0) is 96.5 Å². The van der Waals surface area contributed by atoms with Crippen LogP contribution in [0.15, 0.2) is 78.9 Å². The second-order valence-corrected chi connectivity index (χ2v) is 9.11. The van der Waals surface area contributed by atoms with Crippen molar-refractivity contribution in [2.45, 2.75) is 25.7 Å². The van der Waals surface area contributed by atoms with Crippen LogP contribution in [0, 0.1) is 0 Å². The standard InChI is InChI=1S/C32H32O6/c1-33-26-14-11-22(12-15-26)7-8-24-13-16-28(34-2)29(18-24)38-27-6-4-5-23(17-27)9-10-25-19-30(35-3)32-31(20-25)36-21-37-32/h4-6,11-20H,7-10,21H2,1-3H3. The molecule has 0 aromatic heterocycles. The Hall–Kier alpha value is -4.32. The van der Waals surface area contributed by atoms with E-state index in [9.17, 15) is 0 Å². The quantitative estimate of drug-likeness (QED) is 0.220. The van der Waals surface area contributed by atoms with Gasteiger partial charge in [0.1, 0.15) is 11.5 Å². The largest absolute Gasteiger partial charge is 0.497 e. The maximum atomic E-state index is 6.32. The first-order chi connectivity index (χ1) is 18.6. The molecular formula is C32H32O6. The Kier molecular flexibility index (Phi) is 7.88. The van der Waals surface area contributed by atoms with Crippen LogP contribution >= 0.6 is 0 Å². The molecule has 0 atom stereocenters. The summed E-state index contributed by atoms with van der Waals surface area (Å²) >= 11 is 0. The van der Waals surface area contributed by atoms with Gasteiger partial charge in [-0.1, -0.05) is 30.3 Å². The molecule has 0 bridgehead atoms. The smallest absolute Gasteiger partial charge is 0.231 e. The number of benzene rings is 4. The number of aryl methyl sites for hydroxylation is 4. The van der Waals surface area contributed by atoms with E-state index < -0.39 is 0 Å². The third kappa shape index (κ3) is 5.97. The summed E-state index contributed by atoms with van der Waals surface area (Å²) in [5.74, 6) is 5.16. The van der Waals surface area contributed by atoms with E-state index in [0.29, 0.717) is 23.0 Å². The minimum Gasteiger partial charge on any atom is -0.497 e. The highest BCUT2D eigenvalue weighted by Crippen LogP contribution is 2.42. The van der Waals surface area contributed by atoms with Crippen LogP contribution in [-0.4, -0.2) is 28.1 Å². The summed E-state index contributed by atoms with van der Waals surface area (Å²) < 4.78 is 33.7. The molecule has 0 N–H and O–H groups in total. The third-order valence-electron chi connectivity index (χ3n) is 6.64. The Morgan fingerprint density at radius 2 is 1.24 bits per heavy atom. The minimum atomic E-state index is 0.223. The van der Waals surface area contributed by atoms with Gasteiger partial charge >= 0.3 is 0 Å². The molecule has 0 saturated heterocycles. The van der Waals surface area contributed by atoms with Gasteiger partial charge in [-0.15, -0.1) is 0 Å². The number of rotatable bonds is 11. The van der Waals surface area contributed by atoms with E-state index >= 15 is 0 Å². The van der Waals surface area contributed by atoms with Crippen molar-refractivity contribution in [1.29, 1.82) is 0 Å². The van der Waals surface area contributed by atoms with Crippen LogP contribution in [0.2, 0.25) is 0 Å². The van der Waals surface area contributed by atoms with Crippen LogP contribution in [0.3, 0.4) is 0 Å². The molecule has 1 heterocycles. The topological polar surface area (TPSA) is 55.4 Å². The lowest BCUT2D eigenvalue weighted by Crippen LogP contribution is -1.96. The van der Waals surface area contributed by atoms with Gasteiger partial charge in [0.05, 0.1) is 21.3 Å². The van der Waals surface area contributed by atoms with Gasteiger partial charge < -0.3 is 28.4 Å². The van der Waals surface area contributed by atoms with Crippen molar-refractivity contribution in [2.75, 3.05) is 28.1 Å². The van der Waals surface area contributed by atoms with E-state index in [0.717, 1.165) is 48.5 Å². The van der Waals surface area contributed by atoms with Crippen molar-refractivity contribution in [3.8, 4) is 40.2 Å². The first kappa shape index (κ1) is 25.3. The Balaban J connectivity index is 1.25. The number of hydrogen-bond donors (Lipinski definition) is 0. The van der Waals surface area contributed by atoms with Crippen molar-refractivity contribution < 1.29 is 28.4 Å². The zero-order valence-electron chi connectivity index (χ0n) is 22.0. The molecule has 0 unspecified atom stereocenters. The Labute approximate surface area is 223 Å². The summed E-state index contributed by atoms with van der Waals surface area (Å²) in [5, 5.41) is 0. The molecule has 6 nitrogen and oxygen atoms in total.